The minimum absolute atomic E-state index is 0.512. The summed E-state index contributed by atoms with van der Waals surface area (Å²) in [6, 6.07) is -1.13. The average Bonchev–Trinajstić information content (AvgIpc) is 2.26. The third-order valence-corrected chi connectivity index (χ3v) is 3.30. The Morgan fingerprint density at radius 3 is 2.47 bits per heavy atom. The van der Waals surface area contributed by atoms with Gasteiger partial charge in [0.05, 0.1) is 6.10 Å². The van der Waals surface area contributed by atoms with E-state index in [-0.39, 0.29) is 0 Å². The summed E-state index contributed by atoms with van der Waals surface area (Å²) in [4.78, 5) is 10.5. The first-order valence-electron chi connectivity index (χ1n) is 5.77. The summed E-state index contributed by atoms with van der Waals surface area (Å²) in [5.41, 5.74) is 5.33. The van der Waals surface area contributed by atoms with Crippen LogP contribution in [0.5, 0.6) is 0 Å². The first-order chi connectivity index (χ1) is 7.11. The van der Waals surface area contributed by atoms with Gasteiger partial charge in [-0.3, -0.25) is 4.79 Å². The Balaban J connectivity index is 2.20. The molecule has 1 aliphatic rings. The molecule has 15 heavy (non-hydrogen) atoms. The van der Waals surface area contributed by atoms with Crippen molar-refractivity contribution >= 4 is 5.97 Å². The summed E-state index contributed by atoms with van der Waals surface area (Å²) in [5.74, 6) is -0.458. The number of aliphatic hydroxyl groups is 1. The fourth-order valence-electron chi connectivity index (χ4n) is 2.23. The molecule has 0 aromatic carbocycles. The molecule has 1 saturated carbocycles. The molecule has 0 aliphatic heterocycles. The van der Waals surface area contributed by atoms with Gasteiger partial charge in [0, 0.05) is 0 Å². The molecule has 0 spiro atoms. The Bertz CT molecular complexity index is 202. The molecule has 0 aromatic heterocycles. The van der Waals surface area contributed by atoms with Gasteiger partial charge in [0.15, 0.2) is 0 Å². The summed E-state index contributed by atoms with van der Waals surface area (Å²) < 4.78 is 0. The predicted octanol–water partition coefficient (Wildman–Crippen LogP) is 1.12. The van der Waals surface area contributed by atoms with Crippen LogP contribution in [-0.4, -0.2) is 28.3 Å². The number of carboxylic acid groups (broad SMARTS) is 1. The van der Waals surface area contributed by atoms with Crippen molar-refractivity contribution in [2.24, 2.45) is 11.7 Å². The maximum absolute atomic E-state index is 10.5. The van der Waals surface area contributed by atoms with E-state index in [1.54, 1.807) is 0 Å². The summed E-state index contributed by atoms with van der Waals surface area (Å²) in [7, 11) is 0. The second kappa shape index (κ2) is 6.08. The van der Waals surface area contributed by atoms with Gasteiger partial charge >= 0.3 is 5.97 Å². The first kappa shape index (κ1) is 12.5. The summed E-state index contributed by atoms with van der Waals surface area (Å²) in [5, 5.41) is 18.1. The highest BCUT2D eigenvalue weighted by molar-refractivity contribution is 5.73. The molecule has 1 rings (SSSR count). The SMILES string of the molecule is NC(C(=O)O)C(O)CCC1CCCCC1. The zero-order chi connectivity index (χ0) is 11.3. The molecule has 0 bridgehead atoms. The van der Waals surface area contributed by atoms with Crippen LogP contribution in [0.25, 0.3) is 0 Å². The van der Waals surface area contributed by atoms with E-state index in [1.807, 2.05) is 0 Å². The van der Waals surface area contributed by atoms with E-state index in [1.165, 1.54) is 32.1 Å². The number of aliphatic carboxylic acids is 1. The van der Waals surface area contributed by atoms with Crippen molar-refractivity contribution in [2.75, 3.05) is 0 Å². The number of aliphatic hydroxyl groups excluding tert-OH is 1. The third-order valence-electron chi connectivity index (χ3n) is 3.30. The van der Waals surface area contributed by atoms with Crippen molar-refractivity contribution in [3.05, 3.63) is 0 Å². The summed E-state index contributed by atoms with van der Waals surface area (Å²) >= 11 is 0. The van der Waals surface area contributed by atoms with Gasteiger partial charge in [-0.2, -0.15) is 0 Å². The molecule has 4 N–H and O–H groups in total. The molecule has 4 heteroatoms. The zero-order valence-corrected chi connectivity index (χ0v) is 9.06. The first-order valence-corrected chi connectivity index (χ1v) is 5.77. The molecular weight excluding hydrogens is 194 g/mol. The van der Waals surface area contributed by atoms with Crippen LogP contribution in [-0.2, 0) is 4.79 Å². The van der Waals surface area contributed by atoms with Crippen LogP contribution in [0.4, 0.5) is 0 Å². The molecule has 0 amide bonds. The van der Waals surface area contributed by atoms with Gasteiger partial charge in [0.1, 0.15) is 6.04 Å². The van der Waals surface area contributed by atoms with Crippen LogP contribution in [0.15, 0.2) is 0 Å². The zero-order valence-electron chi connectivity index (χ0n) is 9.06. The van der Waals surface area contributed by atoms with Gasteiger partial charge in [-0.1, -0.05) is 32.1 Å². The van der Waals surface area contributed by atoms with E-state index in [9.17, 15) is 9.90 Å². The van der Waals surface area contributed by atoms with Crippen molar-refractivity contribution in [1.82, 2.24) is 0 Å². The number of carboxylic acids is 1. The molecule has 1 fully saturated rings. The van der Waals surface area contributed by atoms with Gasteiger partial charge in [-0.15, -0.1) is 0 Å². The Morgan fingerprint density at radius 1 is 1.33 bits per heavy atom. The van der Waals surface area contributed by atoms with E-state index in [4.69, 9.17) is 10.8 Å². The van der Waals surface area contributed by atoms with Crippen molar-refractivity contribution < 1.29 is 15.0 Å². The Labute approximate surface area is 90.5 Å². The van der Waals surface area contributed by atoms with E-state index in [0.717, 1.165) is 6.42 Å². The lowest BCUT2D eigenvalue weighted by Gasteiger charge is -2.23. The molecule has 1 aliphatic carbocycles. The van der Waals surface area contributed by atoms with E-state index >= 15 is 0 Å². The topological polar surface area (TPSA) is 83.6 Å². The lowest BCUT2D eigenvalue weighted by atomic mass is 9.85. The maximum Gasteiger partial charge on any atom is 0.323 e. The number of nitrogens with two attached hydrogens (primary N) is 1. The van der Waals surface area contributed by atoms with E-state index in [0.29, 0.717) is 12.3 Å². The molecule has 0 radical (unpaired) electrons. The van der Waals surface area contributed by atoms with Crippen molar-refractivity contribution in [3.63, 3.8) is 0 Å². The summed E-state index contributed by atoms with van der Waals surface area (Å²) in [6.07, 6.45) is 6.81. The van der Waals surface area contributed by atoms with Crippen LogP contribution < -0.4 is 5.73 Å². The summed E-state index contributed by atoms with van der Waals surface area (Å²) in [6.45, 7) is 0. The van der Waals surface area contributed by atoms with Crippen LogP contribution >= 0.6 is 0 Å². The smallest absolute Gasteiger partial charge is 0.323 e. The molecule has 0 aromatic rings. The van der Waals surface area contributed by atoms with E-state index in [2.05, 4.69) is 0 Å². The fourth-order valence-corrected chi connectivity index (χ4v) is 2.23. The second-order valence-electron chi connectivity index (χ2n) is 4.51. The number of carbonyl (C=O) groups is 1. The van der Waals surface area contributed by atoms with Gasteiger partial charge < -0.3 is 15.9 Å². The third kappa shape index (κ3) is 4.18. The van der Waals surface area contributed by atoms with Crippen LogP contribution in [0, 0.1) is 5.92 Å². The van der Waals surface area contributed by atoms with Gasteiger partial charge in [-0.25, -0.2) is 0 Å². The Morgan fingerprint density at radius 2 is 1.93 bits per heavy atom. The lowest BCUT2D eigenvalue weighted by molar-refractivity contribution is -0.141. The van der Waals surface area contributed by atoms with Crippen LogP contribution in [0.3, 0.4) is 0 Å². The Kier molecular flexibility index (Phi) is 5.05. The normalized spacial score (nSPS) is 22.3. The molecule has 2 atom stereocenters. The van der Waals surface area contributed by atoms with Gasteiger partial charge in [0.25, 0.3) is 0 Å². The highest BCUT2D eigenvalue weighted by atomic mass is 16.4. The molecule has 2 unspecified atom stereocenters. The van der Waals surface area contributed by atoms with Crippen molar-refractivity contribution in [1.29, 1.82) is 0 Å². The molecule has 4 nitrogen and oxygen atoms in total. The number of rotatable bonds is 5. The number of hydrogen-bond acceptors (Lipinski definition) is 3. The van der Waals surface area contributed by atoms with Gasteiger partial charge in [-0.05, 0) is 18.8 Å². The fraction of sp³-hybridized carbons (Fsp3) is 0.909. The highest BCUT2D eigenvalue weighted by Crippen LogP contribution is 2.27. The molecule has 0 saturated heterocycles. The van der Waals surface area contributed by atoms with Crippen LogP contribution in [0.2, 0.25) is 0 Å². The van der Waals surface area contributed by atoms with Crippen LogP contribution in [0.1, 0.15) is 44.9 Å². The van der Waals surface area contributed by atoms with E-state index < -0.39 is 18.1 Å². The quantitative estimate of drug-likeness (QED) is 0.641. The van der Waals surface area contributed by atoms with Gasteiger partial charge in [0.2, 0.25) is 0 Å². The second-order valence-corrected chi connectivity index (χ2v) is 4.51. The lowest BCUT2D eigenvalue weighted by Crippen LogP contribution is -2.41. The maximum atomic E-state index is 10.5. The predicted molar refractivity (Wildman–Crippen MR) is 57.4 cm³/mol. The molecule has 0 heterocycles. The highest BCUT2D eigenvalue weighted by Gasteiger charge is 2.23. The van der Waals surface area contributed by atoms with Crippen molar-refractivity contribution in [2.45, 2.75) is 57.1 Å². The minimum atomic E-state index is -1.13. The molecular formula is C11H21NO3. The Hall–Kier alpha value is -0.610. The minimum Gasteiger partial charge on any atom is -0.480 e. The standard InChI is InChI=1S/C11H21NO3/c12-10(11(14)15)9(13)7-6-8-4-2-1-3-5-8/h8-10,13H,1-7,12H2,(H,14,15). The van der Waals surface area contributed by atoms with Crippen molar-refractivity contribution in [3.8, 4) is 0 Å². The average molecular weight is 215 g/mol. The largest absolute Gasteiger partial charge is 0.480 e. The molecule has 88 valence electrons. The monoisotopic (exact) mass is 215 g/mol. The number of hydrogen-bond donors (Lipinski definition) is 3.